The van der Waals surface area contributed by atoms with Crippen molar-refractivity contribution in [1.29, 1.82) is 0 Å². The van der Waals surface area contributed by atoms with Crippen LogP contribution in [-0.4, -0.2) is 30.1 Å². The Kier molecular flexibility index (Phi) is 5.51. The fraction of sp³-hybridized carbons (Fsp3) is 0.429. The van der Waals surface area contributed by atoms with Crippen LogP contribution in [-0.2, 0) is 14.3 Å². The second-order valence-corrected chi connectivity index (χ2v) is 4.55. The maximum absolute atomic E-state index is 11.7. The van der Waals surface area contributed by atoms with Gasteiger partial charge in [-0.1, -0.05) is 44.2 Å². The Labute approximate surface area is 112 Å². The van der Waals surface area contributed by atoms with Crippen molar-refractivity contribution in [2.24, 2.45) is 5.92 Å². The zero-order valence-electron chi connectivity index (χ0n) is 11.3. The van der Waals surface area contributed by atoms with Crippen LogP contribution in [0.25, 0.3) is 0 Å². The molecule has 0 aliphatic rings. The molecular formula is C14H19NO4. The summed E-state index contributed by atoms with van der Waals surface area (Å²) in [5, 5.41) is 11.8. The van der Waals surface area contributed by atoms with Crippen LogP contribution in [0.3, 0.4) is 0 Å². The molecule has 0 fully saturated rings. The Balaban J connectivity index is 2.96. The topological polar surface area (TPSA) is 75.6 Å². The van der Waals surface area contributed by atoms with Gasteiger partial charge in [0.1, 0.15) is 6.10 Å². The average molecular weight is 265 g/mol. The highest BCUT2D eigenvalue weighted by atomic mass is 16.5. The van der Waals surface area contributed by atoms with E-state index in [4.69, 9.17) is 4.74 Å². The van der Waals surface area contributed by atoms with Crippen molar-refractivity contribution in [3.63, 3.8) is 0 Å². The predicted octanol–water partition coefficient (Wildman–Crippen LogP) is 1.60. The first-order valence-electron chi connectivity index (χ1n) is 6.08. The van der Waals surface area contributed by atoms with Crippen LogP contribution in [0.4, 0.5) is 0 Å². The molecular weight excluding hydrogens is 246 g/mol. The van der Waals surface area contributed by atoms with Crippen molar-refractivity contribution in [3.8, 4) is 0 Å². The van der Waals surface area contributed by atoms with Gasteiger partial charge in [0.05, 0.1) is 0 Å². The molecule has 0 aliphatic carbocycles. The average Bonchev–Trinajstić information content (AvgIpc) is 2.39. The molecule has 5 nitrogen and oxygen atoms in total. The Morgan fingerprint density at radius 2 is 1.79 bits per heavy atom. The summed E-state index contributed by atoms with van der Waals surface area (Å²) in [6, 6.07) is 7.85. The van der Waals surface area contributed by atoms with E-state index in [0.29, 0.717) is 5.56 Å². The number of rotatable bonds is 6. The third-order valence-electron chi connectivity index (χ3n) is 2.77. The largest absolute Gasteiger partial charge is 0.480 e. The van der Waals surface area contributed by atoms with E-state index in [9.17, 15) is 14.7 Å². The molecule has 1 amide bonds. The van der Waals surface area contributed by atoms with Crippen LogP contribution in [0, 0.1) is 5.92 Å². The predicted molar refractivity (Wildman–Crippen MR) is 70.6 cm³/mol. The Bertz CT molecular complexity index is 430. The number of benzene rings is 1. The van der Waals surface area contributed by atoms with Gasteiger partial charge in [-0.05, 0) is 5.56 Å². The molecule has 0 radical (unpaired) electrons. The molecule has 0 spiro atoms. The maximum Gasteiger partial charge on any atom is 0.329 e. The summed E-state index contributed by atoms with van der Waals surface area (Å²) in [5.41, 5.74) is 0.710. The zero-order chi connectivity index (χ0) is 14.4. The molecule has 0 bridgehead atoms. The first kappa shape index (κ1) is 15.2. The van der Waals surface area contributed by atoms with E-state index in [2.05, 4.69) is 5.32 Å². The number of carboxylic acids is 1. The number of nitrogens with one attached hydrogen (secondary N) is 1. The number of carboxylic acid groups (broad SMARTS) is 1. The number of amides is 1. The number of carbonyl (C=O) groups is 2. The second-order valence-electron chi connectivity index (χ2n) is 4.55. The van der Waals surface area contributed by atoms with Gasteiger partial charge >= 0.3 is 5.97 Å². The van der Waals surface area contributed by atoms with Gasteiger partial charge in [0.25, 0.3) is 0 Å². The molecule has 5 heteroatoms. The number of ether oxygens (including phenoxy) is 1. The van der Waals surface area contributed by atoms with Crippen molar-refractivity contribution in [2.75, 3.05) is 7.11 Å². The third-order valence-corrected chi connectivity index (χ3v) is 2.77. The van der Waals surface area contributed by atoms with Crippen molar-refractivity contribution in [3.05, 3.63) is 35.9 Å². The highest BCUT2D eigenvalue weighted by Crippen LogP contribution is 2.21. The molecule has 0 saturated heterocycles. The number of carbonyl (C=O) groups excluding carboxylic acids is 1. The van der Waals surface area contributed by atoms with Gasteiger partial charge in [-0.25, -0.2) is 4.79 Å². The van der Waals surface area contributed by atoms with E-state index in [1.807, 2.05) is 6.07 Å². The number of hydrogen-bond acceptors (Lipinski definition) is 3. The Hall–Kier alpha value is -1.88. The Morgan fingerprint density at radius 1 is 1.21 bits per heavy atom. The molecule has 2 atom stereocenters. The molecule has 19 heavy (non-hydrogen) atoms. The van der Waals surface area contributed by atoms with Gasteiger partial charge in [0.2, 0.25) is 5.91 Å². The molecule has 1 aromatic carbocycles. The van der Waals surface area contributed by atoms with Crippen LogP contribution < -0.4 is 5.32 Å². The lowest BCUT2D eigenvalue weighted by atomic mass is 10.0. The number of aliphatic carboxylic acids is 1. The summed E-state index contributed by atoms with van der Waals surface area (Å²) in [6.45, 7) is 3.41. The van der Waals surface area contributed by atoms with Crippen molar-refractivity contribution in [2.45, 2.75) is 26.0 Å². The normalized spacial score (nSPS) is 13.9. The summed E-state index contributed by atoms with van der Waals surface area (Å²) < 4.78 is 5.24. The van der Waals surface area contributed by atoms with Crippen LogP contribution in [0.5, 0.6) is 0 Å². The number of hydrogen-bond donors (Lipinski definition) is 2. The first-order valence-corrected chi connectivity index (χ1v) is 6.08. The van der Waals surface area contributed by atoms with E-state index < -0.39 is 18.1 Å². The SMILES string of the molecule is COC(c1ccccc1)C(NC(=O)C(C)C)C(=O)O. The van der Waals surface area contributed by atoms with Crippen LogP contribution in [0.1, 0.15) is 25.5 Å². The third kappa shape index (κ3) is 4.06. The second kappa shape index (κ2) is 6.89. The highest BCUT2D eigenvalue weighted by Gasteiger charge is 2.31. The molecule has 2 unspecified atom stereocenters. The van der Waals surface area contributed by atoms with Crippen LogP contribution in [0.2, 0.25) is 0 Å². The lowest BCUT2D eigenvalue weighted by Crippen LogP contribution is -2.47. The zero-order valence-corrected chi connectivity index (χ0v) is 11.3. The van der Waals surface area contributed by atoms with E-state index >= 15 is 0 Å². The summed E-state index contributed by atoms with van der Waals surface area (Å²) in [4.78, 5) is 23.0. The van der Waals surface area contributed by atoms with Crippen LogP contribution in [0.15, 0.2) is 30.3 Å². The van der Waals surface area contributed by atoms with E-state index in [-0.39, 0.29) is 11.8 Å². The maximum atomic E-state index is 11.7. The molecule has 1 rings (SSSR count). The van der Waals surface area contributed by atoms with E-state index in [1.54, 1.807) is 38.1 Å². The highest BCUT2D eigenvalue weighted by molar-refractivity contribution is 5.85. The summed E-state index contributed by atoms with van der Waals surface area (Å²) in [6.07, 6.45) is -0.721. The van der Waals surface area contributed by atoms with Gasteiger partial charge in [-0.2, -0.15) is 0 Å². The Morgan fingerprint density at radius 3 is 2.21 bits per heavy atom. The summed E-state index contributed by atoms with van der Waals surface area (Å²) in [7, 11) is 1.43. The lowest BCUT2D eigenvalue weighted by molar-refractivity contribution is -0.146. The fourth-order valence-corrected chi connectivity index (χ4v) is 1.69. The first-order chi connectivity index (χ1) is 8.97. The van der Waals surface area contributed by atoms with E-state index in [1.165, 1.54) is 7.11 Å². The van der Waals surface area contributed by atoms with Crippen molar-refractivity contribution in [1.82, 2.24) is 5.32 Å². The molecule has 1 aromatic rings. The summed E-state index contributed by atoms with van der Waals surface area (Å²) in [5.74, 6) is -1.72. The molecule has 0 aromatic heterocycles. The molecule has 0 aliphatic heterocycles. The fourth-order valence-electron chi connectivity index (χ4n) is 1.69. The van der Waals surface area contributed by atoms with E-state index in [0.717, 1.165) is 0 Å². The van der Waals surface area contributed by atoms with Crippen molar-refractivity contribution >= 4 is 11.9 Å². The standard InChI is InChI=1S/C14H19NO4/c1-9(2)13(16)15-11(14(17)18)12(19-3)10-7-5-4-6-8-10/h4-9,11-12H,1-3H3,(H,15,16)(H,17,18). The van der Waals surface area contributed by atoms with Gasteiger partial charge in [0.15, 0.2) is 6.04 Å². The van der Waals surface area contributed by atoms with Crippen LogP contribution >= 0.6 is 0 Å². The summed E-state index contributed by atoms with van der Waals surface area (Å²) >= 11 is 0. The number of methoxy groups -OCH3 is 1. The quantitative estimate of drug-likeness (QED) is 0.819. The van der Waals surface area contributed by atoms with Gasteiger partial charge < -0.3 is 15.2 Å². The van der Waals surface area contributed by atoms with Gasteiger partial charge in [-0.3, -0.25) is 4.79 Å². The van der Waals surface area contributed by atoms with Gasteiger partial charge in [0, 0.05) is 13.0 Å². The molecule has 0 heterocycles. The minimum Gasteiger partial charge on any atom is -0.480 e. The minimum absolute atomic E-state index is 0.282. The molecule has 0 saturated carbocycles. The van der Waals surface area contributed by atoms with Crippen molar-refractivity contribution < 1.29 is 19.4 Å². The molecule has 104 valence electrons. The smallest absolute Gasteiger partial charge is 0.329 e. The minimum atomic E-state index is -1.12. The monoisotopic (exact) mass is 265 g/mol. The molecule has 2 N–H and O–H groups in total. The van der Waals surface area contributed by atoms with Gasteiger partial charge in [-0.15, -0.1) is 0 Å². The lowest BCUT2D eigenvalue weighted by Gasteiger charge is -2.24.